The summed E-state index contributed by atoms with van der Waals surface area (Å²) in [6.45, 7) is 18.1. The minimum Gasteiger partial charge on any atom is -0.507 e. The average Bonchev–Trinajstić information content (AvgIpc) is 3.89. The molecule has 9 aromatic carbocycles. The van der Waals surface area contributed by atoms with Crippen molar-refractivity contribution in [1.82, 2.24) is 14.5 Å². The van der Waals surface area contributed by atoms with E-state index in [0.717, 1.165) is 89.2 Å². The van der Waals surface area contributed by atoms with Gasteiger partial charge in [-0.15, -0.1) is 29.3 Å². The van der Waals surface area contributed by atoms with E-state index in [1.807, 2.05) is 36.5 Å². The number of hydrogen-bond donors (Lipinski definition) is 1. The molecule has 0 aliphatic carbocycles. The topological polar surface area (TPSA) is 50.9 Å². The number of pyridine rings is 1. The maximum Gasteiger partial charge on any atom is 0.148 e. The molecule has 0 saturated heterocycles. The molecule has 2 aromatic heterocycles. The fraction of sp³-hybridized carbons (Fsp3) is 0.155. The van der Waals surface area contributed by atoms with Gasteiger partial charge in [-0.1, -0.05) is 242 Å². The van der Waals surface area contributed by atoms with Crippen LogP contribution in [-0.4, -0.2) is 19.6 Å². The molecule has 0 spiro atoms. The minimum atomic E-state index is -0.201. The molecule has 11 aromatic rings. The van der Waals surface area contributed by atoms with Crippen molar-refractivity contribution in [3.05, 3.63) is 253 Å². The number of benzene rings is 9. The number of imidazole rings is 1. The SMILES string of the molecule is CC(C)(C)c1cc(-c2cc(-c3cccc(C(C)(C)c4ccccc4)c3)ccn2)[c-]c(-c2cccc3c2nc(-c2cccc(-c4ccccc4-c4ccccc4)c2O)n3-c2ccc(C(C)(C)C)cc2-c2ccccc2)c1.[Pt]. The summed E-state index contributed by atoms with van der Waals surface area (Å²) >= 11 is 0. The number of nitrogens with zero attached hydrogens (tertiary/aromatic N) is 3. The number of aromatic hydroxyl groups is 1. The molecule has 0 bridgehead atoms. The molecule has 0 fully saturated rings. The zero-order chi connectivity index (χ0) is 52.1. The number of rotatable bonds is 10. The Labute approximate surface area is 463 Å². The van der Waals surface area contributed by atoms with Crippen molar-refractivity contribution in [1.29, 1.82) is 0 Å². The zero-order valence-corrected chi connectivity index (χ0v) is 46.7. The van der Waals surface area contributed by atoms with Gasteiger partial charge in [0.2, 0.25) is 0 Å². The van der Waals surface area contributed by atoms with E-state index in [9.17, 15) is 5.11 Å². The van der Waals surface area contributed by atoms with Gasteiger partial charge in [0.25, 0.3) is 0 Å². The molecule has 11 rings (SSSR count). The maximum atomic E-state index is 12.8. The summed E-state index contributed by atoms with van der Waals surface area (Å²) in [6, 6.07) is 80.8. The monoisotopic (exact) mass is 1170 g/mol. The van der Waals surface area contributed by atoms with Gasteiger partial charge < -0.3 is 5.11 Å². The molecule has 378 valence electrons. The summed E-state index contributed by atoms with van der Waals surface area (Å²) in [4.78, 5) is 10.7. The van der Waals surface area contributed by atoms with Crippen molar-refractivity contribution in [2.75, 3.05) is 0 Å². The summed E-state index contributed by atoms with van der Waals surface area (Å²) in [5.74, 6) is 0.796. The Morgan fingerprint density at radius 2 is 0.947 bits per heavy atom. The fourth-order valence-electron chi connectivity index (χ4n) is 10.5. The van der Waals surface area contributed by atoms with Gasteiger partial charge in [-0.3, -0.25) is 9.55 Å². The third kappa shape index (κ3) is 9.91. The Hall–Kier alpha value is -7.91. The van der Waals surface area contributed by atoms with E-state index in [2.05, 4.69) is 254 Å². The van der Waals surface area contributed by atoms with Crippen LogP contribution in [0.1, 0.15) is 77.6 Å². The second-order valence-electron chi connectivity index (χ2n) is 22.4. The van der Waals surface area contributed by atoms with Crippen molar-refractivity contribution >= 4 is 11.0 Å². The van der Waals surface area contributed by atoms with E-state index in [1.165, 1.54) is 16.7 Å². The van der Waals surface area contributed by atoms with Crippen LogP contribution in [0, 0.1) is 6.07 Å². The smallest absolute Gasteiger partial charge is 0.148 e. The Kier molecular flexibility index (Phi) is 14.0. The van der Waals surface area contributed by atoms with E-state index in [-0.39, 0.29) is 43.1 Å². The molecule has 0 aliphatic heterocycles. The Bertz CT molecular complexity index is 3880. The van der Waals surface area contributed by atoms with Gasteiger partial charge >= 0.3 is 0 Å². The summed E-state index contributed by atoms with van der Waals surface area (Å²) in [6.07, 6.45) is 1.92. The number of hydrogen-bond acceptors (Lipinski definition) is 3. The van der Waals surface area contributed by atoms with Crippen LogP contribution >= 0.6 is 0 Å². The summed E-state index contributed by atoms with van der Waals surface area (Å²) in [5.41, 5.74) is 19.5. The normalized spacial score (nSPS) is 11.9. The third-order valence-corrected chi connectivity index (χ3v) is 14.9. The van der Waals surface area contributed by atoms with E-state index in [1.54, 1.807) is 0 Å². The first-order valence-corrected chi connectivity index (χ1v) is 26.0. The predicted molar refractivity (Wildman–Crippen MR) is 313 cm³/mol. The molecular weight excluding hydrogens is 1110 g/mol. The van der Waals surface area contributed by atoms with Gasteiger partial charge in [0.15, 0.2) is 0 Å². The van der Waals surface area contributed by atoms with Crippen molar-refractivity contribution in [2.45, 2.75) is 71.6 Å². The molecule has 5 heteroatoms. The molecule has 0 atom stereocenters. The van der Waals surface area contributed by atoms with Gasteiger partial charge in [0.1, 0.15) is 11.6 Å². The largest absolute Gasteiger partial charge is 0.507 e. The molecule has 0 saturated carbocycles. The van der Waals surface area contributed by atoms with E-state index in [4.69, 9.17) is 9.97 Å². The van der Waals surface area contributed by atoms with Crippen molar-refractivity contribution in [3.63, 3.8) is 0 Å². The van der Waals surface area contributed by atoms with Gasteiger partial charge in [-0.05, 0) is 91.2 Å². The van der Waals surface area contributed by atoms with Crippen LogP contribution < -0.4 is 0 Å². The second-order valence-corrected chi connectivity index (χ2v) is 22.4. The Balaban J connectivity index is 0.00000657. The minimum absolute atomic E-state index is 0. The van der Waals surface area contributed by atoms with Crippen molar-refractivity contribution < 1.29 is 26.2 Å². The fourth-order valence-corrected chi connectivity index (χ4v) is 10.5. The van der Waals surface area contributed by atoms with Gasteiger partial charge in [-0.25, -0.2) is 4.98 Å². The van der Waals surface area contributed by atoms with Crippen LogP contribution in [-0.2, 0) is 37.3 Å². The Morgan fingerprint density at radius 1 is 0.408 bits per heavy atom. The van der Waals surface area contributed by atoms with Crippen LogP contribution in [0.15, 0.2) is 225 Å². The number of phenolic OH excluding ortho intramolecular Hbond substituents is 1. The van der Waals surface area contributed by atoms with Crippen LogP contribution in [0.3, 0.4) is 0 Å². The Morgan fingerprint density at radius 3 is 1.64 bits per heavy atom. The van der Waals surface area contributed by atoms with Crippen LogP contribution in [0.25, 0.3) is 95.0 Å². The number of fused-ring (bicyclic) bond motifs is 1. The van der Waals surface area contributed by atoms with Crippen molar-refractivity contribution in [2.24, 2.45) is 0 Å². The number of para-hydroxylation sites is 2. The zero-order valence-electron chi connectivity index (χ0n) is 44.5. The van der Waals surface area contributed by atoms with E-state index in [0.29, 0.717) is 11.4 Å². The maximum absolute atomic E-state index is 12.8. The van der Waals surface area contributed by atoms with E-state index < -0.39 is 0 Å². The molecule has 0 amide bonds. The molecule has 1 N–H and O–H groups in total. The van der Waals surface area contributed by atoms with Crippen LogP contribution in [0.5, 0.6) is 5.75 Å². The van der Waals surface area contributed by atoms with Crippen LogP contribution in [0.2, 0.25) is 0 Å². The molecular formula is C71H62N3OPt-. The number of phenols is 1. The predicted octanol–water partition coefficient (Wildman–Crippen LogP) is 18.5. The van der Waals surface area contributed by atoms with E-state index >= 15 is 0 Å². The van der Waals surface area contributed by atoms with Gasteiger partial charge in [0, 0.05) is 49.5 Å². The van der Waals surface area contributed by atoms with Gasteiger partial charge in [-0.2, -0.15) is 0 Å². The van der Waals surface area contributed by atoms with Crippen LogP contribution in [0.4, 0.5) is 0 Å². The molecule has 76 heavy (non-hydrogen) atoms. The third-order valence-electron chi connectivity index (χ3n) is 14.9. The summed E-state index contributed by atoms with van der Waals surface area (Å²) < 4.78 is 2.25. The molecule has 0 unspecified atom stereocenters. The average molecular weight is 1170 g/mol. The molecule has 0 radical (unpaired) electrons. The molecule has 4 nitrogen and oxygen atoms in total. The molecule has 0 aliphatic rings. The first-order chi connectivity index (χ1) is 36.1. The summed E-state index contributed by atoms with van der Waals surface area (Å²) in [5, 5.41) is 12.8. The summed E-state index contributed by atoms with van der Waals surface area (Å²) in [7, 11) is 0. The standard InChI is InChI=1S/C71H62N3O.Pt/c1-69(2,3)54-37-38-64(62(46-54)48-25-14-10-15-26-48)74-65-36-22-33-58(66(65)73-68(74)61-35-21-34-60(67(61)75)59-32-19-18-31-57(59)47-23-12-9-13-24-47)51-41-52(44-56(43-51)70(4,5)6)63-45-50(39-40-72-63)49-27-20-30-55(42-49)71(7,8)53-28-16-11-17-29-53;/h9-40,42-46,75H,1-8H3;/q-1;. The number of aromatic nitrogens is 3. The van der Waals surface area contributed by atoms with Gasteiger partial charge in [0.05, 0.1) is 22.3 Å². The first kappa shape index (κ1) is 51.6. The quantitative estimate of drug-likeness (QED) is 0.139. The second kappa shape index (κ2) is 20.7. The first-order valence-electron chi connectivity index (χ1n) is 26.0. The molecule has 2 heterocycles. The van der Waals surface area contributed by atoms with Crippen molar-refractivity contribution in [3.8, 4) is 89.7 Å².